The lowest BCUT2D eigenvalue weighted by Crippen LogP contribution is -2.15. The summed E-state index contributed by atoms with van der Waals surface area (Å²) in [6, 6.07) is 16.9. The average Bonchev–Trinajstić information content (AvgIpc) is 2.81. The first kappa shape index (κ1) is 24.5. The van der Waals surface area contributed by atoms with Gasteiger partial charge in [-0.2, -0.15) is 8.42 Å². The van der Waals surface area contributed by atoms with Crippen LogP contribution >= 0.6 is 11.6 Å². The zero-order valence-corrected chi connectivity index (χ0v) is 19.8. The largest absolute Gasteiger partial charge is 0.491 e. The van der Waals surface area contributed by atoms with Crippen LogP contribution in [0.15, 0.2) is 67.4 Å². The third-order valence-corrected chi connectivity index (χ3v) is 6.25. The van der Waals surface area contributed by atoms with Crippen LogP contribution < -0.4 is 4.74 Å². The Morgan fingerprint density at radius 3 is 2.45 bits per heavy atom. The number of rotatable bonds is 9. The number of aromatic nitrogens is 1. The molecule has 1 aromatic heterocycles. The van der Waals surface area contributed by atoms with Gasteiger partial charge in [0.15, 0.2) is 0 Å². The van der Waals surface area contributed by atoms with E-state index >= 15 is 0 Å². The van der Waals surface area contributed by atoms with E-state index in [1.54, 1.807) is 25.3 Å². The number of hydrogen-bond acceptors (Lipinski definition) is 5. The molecule has 3 rings (SSSR count). The number of nitrogens with zero attached hydrogens (tertiary/aromatic N) is 1. The van der Waals surface area contributed by atoms with Crippen molar-refractivity contribution in [3.05, 3.63) is 89.2 Å². The molecule has 0 aliphatic carbocycles. The summed E-state index contributed by atoms with van der Waals surface area (Å²) in [5, 5.41) is 0.692. The first-order valence-corrected chi connectivity index (χ1v) is 12.4. The molecule has 0 aliphatic heterocycles. The summed E-state index contributed by atoms with van der Waals surface area (Å²) in [6.45, 7) is 5.66. The van der Waals surface area contributed by atoms with E-state index in [1.165, 1.54) is 0 Å². The molecule has 0 bridgehead atoms. The lowest BCUT2D eigenvalue weighted by molar-refractivity contribution is 0.221. The summed E-state index contributed by atoms with van der Waals surface area (Å²) < 4.78 is 33.7. The van der Waals surface area contributed by atoms with Crippen LogP contribution in [-0.4, -0.2) is 32.4 Å². The Kier molecular flexibility index (Phi) is 8.67. The van der Waals surface area contributed by atoms with Crippen LogP contribution in [0, 0.1) is 11.8 Å². The van der Waals surface area contributed by atoms with Crippen molar-refractivity contribution in [1.82, 2.24) is 4.98 Å². The molecule has 3 aromatic rings. The second kappa shape index (κ2) is 11.7. The molecule has 0 atom stereocenters. The molecule has 0 N–H and O–H groups in total. The van der Waals surface area contributed by atoms with Crippen molar-refractivity contribution in [2.75, 3.05) is 19.0 Å². The average molecular weight is 482 g/mol. The van der Waals surface area contributed by atoms with Gasteiger partial charge in [-0.15, -0.1) is 0 Å². The highest BCUT2D eigenvalue weighted by Crippen LogP contribution is 2.22. The molecule has 0 saturated heterocycles. The third kappa shape index (κ3) is 7.47. The summed E-state index contributed by atoms with van der Waals surface area (Å²) in [4.78, 5) is 4.42. The lowest BCUT2D eigenvalue weighted by Gasteiger charge is -2.10. The molecular weight excluding hydrogens is 458 g/mol. The summed E-state index contributed by atoms with van der Waals surface area (Å²) in [7, 11) is -3.49. The number of halogens is 1. The van der Waals surface area contributed by atoms with Crippen molar-refractivity contribution in [1.29, 1.82) is 0 Å². The minimum atomic E-state index is -3.49. The monoisotopic (exact) mass is 481 g/mol. The SMILES string of the molecule is C=Cc1cc(C#Cc2ccc(-c3ccc(Cl)cc3)cn2)ccc1OCCOS(=O)(=O)CCC. The van der Waals surface area contributed by atoms with E-state index in [1.807, 2.05) is 48.5 Å². The maximum Gasteiger partial charge on any atom is 0.267 e. The molecule has 0 radical (unpaired) electrons. The number of benzene rings is 2. The second-order valence-electron chi connectivity index (χ2n) is 7.08. The zero-order valence-electron chi connectivity index (χ0n) is 18.3. The minimum Gasteiger partial charge on any atom is -0.491 e. The number of pyridine rings is 1. The molecular formula is C26H24ClNO4S. The summed E-state index contributed by atoms with van der Waals surface area (Å²) >= 11 is 5.94. The van der Waals surface area contributed by atoms with Gasteiger partial charge in [0.05, 0.1) is 5.75 Å². The highest BCUT2D eigenvalue weighted by molar-refractivity contribution is 7.86. The van der Waals surface area contributed by atoms with Gasteiger partial charge in [-0.3, -0.25) is 4.18 Å². The van der Waals surface area contributed by atoms with Crippen molar-refractivity contribution in [2.24, 2.45) is 0 Å². The van der Waals surface area contributed by atoms with Crippen LogP contribution in [0.5, 0.6) is 5.75 Å². The summed E-state index contributed by atoms with van der Waals surface area (Å²) in [5.74, 6) is 6.73. The predicted octanol–water partition coefficient (Wildman–Crippen LogP) is 5.58. The van der Waals surface area contributed by atoms with Gasteiger partial charge in [0.2, 0.25) is 0 Å². The molecule has 0 amide bonds. The Balaban J connectivity index is 1.63. The zero-order chi connectivity index (χ0) is 23.7. The Hall–Kier alpha value is -3.11. The van der Waals surface area contributed by atoms with Gasteiger partial charge >= 0.3 is 0 Å². The summed E-state index contributed by atoms with van der Waals surface area (Å²) in [5.41, 5.74) is 4.20. The fraction of sp³-hybridized carbons (Fsp3) is 0.192. The van der Waals surface area contributed by atoms with Crippen molar-refractivity contribution in [3.8, 4) is 28.7 Å². The molecule has 0 saturated carbocycles. The van der Waals surface area contributed by atoms with Gasteiger partial charge in [0.25, 0.3) is 10.1 Å². The standard InChI is InChI=1S/C26H24ClNO4S/c1-3-17-33(29,30)32-16-15-31-26-14-6-20(18-21(26)4-2)5-12-25-13-9-23(19-28-25)22-7-10-24(27)11-8-22/h4,6-11,13-14,18-19H,2-3,15-17H2,1H3. The fourth-order valence-corrected chi connectivity index (χ4v) is 4.02. The Morgan fingerprint density at radius 1 is 1.03 bits per heavy atom. The van der Waals surface area contributed by atoms with Crippen LogP contribution in [0.3, 0.4) is 0 Å². The second-order valence-corrected chi connectivity index (χ2v) is 9.27. The maximum atomic E-state index is 11.6. The van der Waals surface area contributed by atoms with Crippen LogP contribution in [-0.2, 0) is 14.3 Å². The molecule has 0 fully saturated rings. The molecule has 170 valence electrons. The van der Waals surface area contributed by atoms with Gasteiger partial charge in [-0.05, 0) is 54.3 Å². The van der Waals surface area contributed by atoms with Crippen molar-refractivity contribution < 1.29 is 17.3 Å². The van der Waals surface area contributed by atoms with Crippen LogP contribution in [0.2, 0.25) is 5.02 Å². The first-order chi connectivity index (χ1) is 15.9. The van der Waals surface area contributed by atoms with E-state index in [-0.39, 0.29) is 19.0 Å². The first-order valence-electron chi connectivity index (χ1n) is 10.4. The van der Waals surface area contributed by atoms with Gasteiger partial charge in [0, 0.05) is 27.9 Å². The van der Waals surface area contributed by atoms with Crippen LogP contribution in [0.1, 0.15) is 30.2 Å². The molecule has 0 unspecified atom stereocenters. The molecule has 0 spiro atoms. The topological polar surface area (TPSA) is 65.5 Å². The molecule has 0 aliphatic rings. The predicted molar refractivity (Wildman–Crippen MR) is 133 cm³/mol. The van der Waals surface area contributed by atoms with Crippen LogP contribution in [0.4, 0.5) is 0 Å². The van der Waals surface area contributed by atoms with Crippen LogP contribution in [0.25, 0.3) is 17.2 Å². The van der Waals surface area contributed by atoms with E-state index in [0.717, 1.165) is 22.3 Å². The molecule has 1 heterocycles. The van der Waals surface area contributed by atoms with E-state index in [0.29, 0.717) is 22.9 Å². The Labute approximate surface area is 200 Å². The smallest absolute Gasteiger partial charge is 0.267 e. The highest BCUT2D eigenvalue weighted by Gasteiger charge is 2.09. The van der Waals surface area contributed by atoms with Crippen molar-refractivity contribution in [3.63, 3.8) is 0 Å². The molecule has 33 heavy (non-hydrogen) atoms. The van der Waals surface area contributed by atoms with Crippen molar-refractivity contribution >= 4 is 27.8 Å². The van der Waals surface area contributed by atoms with Crippen molar-refractivity contribution in [2.45, 2.75) is 13.3 Å². The Bertz CT molecular complexity index is 1260. The highest BCUT2D eigenvalue weighted by atomic mass is 35.5. The van der Waals surface area contributed by atoms with E-state index in [9.17, 15) is 8.42 Å². The van der Waals surface area contributed by atoms with Gasteiger partial charge in [-0.25, -0.2) is 4.98 Å². The van der Waals surface area contributed by atoms with E-state index < -0.39 is 10.1 Å². The lowest BCUT2D eigenvalue weighted by atomic mass is 10.1. The third-order valence-electron chi connectivity index (χ3n) is 4.56. The molecule has 5 nitrogen and oxygen atoms in total. The normalized spacial score (nSPS) is 10.8. The number of ether oxygens (including phenoxy) is 1. The van der Waals surface area contributed by atoms with E-state index in [2.05, 4.69) is 23.4 Å². The fourth-order valence-electron chi connectivity index (χ4n) is 2.96. The quantitative estimate of drug-likeness (QED) is 0.227. The van der Waals surface area contributed by atoms with Gasteiger partial charge in [0.1, 0.15) is 24.7 Å². The summed E-state index contributed by atoms with van der Waals surface area (Å²) in [6.07, 6.45) is 3.95. The Morgan fingerprint density at radius 2 is 1.79 bits per heavy atom. The maximum absolute atomic E-state index is 11.6. The minimum absolute atomic E-state index is 0.00299. The number of hydrogen-bond donors (Lipinski definition) is 0. The molecule has 2 aromatic carbocycles. The molecule has 7 heteroatoms. The van der Waals surface area contributed by atoms with Gasteiger partial charge in [-0.1, -0.05) is 55.3 Å². The van der Waals surface area contributed by atoms with Gasteiger partial charge < -0.3 is 4.74 Å². The van der Waals surface area contributed by atoms with E-state index in [4.69, 9.17) is 20.5 Å².